The molecule has 0 aliphatic heterocycles. The van der Waals surface area contributed by atoms with Gasteiger partial charge in [-0.15, -0.1) is 11.3 Å². The lowest BCUT2D eigenvalue weighted by atomic mass is 9.95. The van der Waals surface area contributed by atoms with E-state index in [1.165, 1.54) is 38.2 Å². The summed E-state index contributed by atoms with van der Waals surface area (Å²) in [5.74, 6) is 0.673. The third-order valence-electron chi connectivity index (χ3n) is 4.05. The van der Waals surface area contributed by atoms with Crippen LogP contribution in [-0.2, 0) is 12.8 Å². The summed E-state index contributed by atoms with van der Waals surface area (Å²) in [7, 11) is 2.08. The van der Waals surface area contributed by atoms with Gasteiger partial charge in [0.25, 0.3) is 0 Å². The molecule has 0 spiro atoms. The minimum Gasteiger partial charge on any atom is -0.312 e. The smallest absolute Gasteiger partial charge is 0.0447 e. The van der Waals surface area contributed by atoms with Crippen LogP contribution in [0.25, 0.3) is 0 Å². The lowest BCUT2D eigenvalue weighted by Crippen LogP contribution is -2.24. The zero-order chi connectivity index (χ0) is 13.4. The highest BCUT2D eigenvalue weighted by molar-refractivity contribution is 9.10. The number of rotatable bonds is 3. The van der Waals surface area contributed by atoms with Crippen molar-refractivity contribution in [3.63, 3.8) is 0 Å². The van der Waals surface area contributed by atoms with Gasteiger partial charge in [-0.3, -0.25) is 0 Å². The topological polar surface area (TPSA) is 12.0 Å². The van der Waals surface area contributed by atoms with Crippen molar-refractivity contribution in [2.45, 2.75) is 25.8 Å². The Balaban J connectivity index is 1.85. The van der Waals surface area contributed by atoms with Crippen molar-refractivity contribution in [1.29, 1.82) is 0 Å². The van der Waals surface area contributed by atoms with Crippen molar-refractivity contribution in [3.8, 4) is 0 Å². The maximum atomic E-state index is 3.63. The van der Waals surface area contributed by atoms with Gasteiger partial charge in [-0.2, -0.15) is 0 Å². The normalized spacial score (nSPS) is 16.6. The van der Waals surface area contributed by atoms with E-state index >= 15 is 0 Å². The van der Waals surface area contributed by atoms with Crippen LogP contribution in [0, 0.1) is 12.8 Å². The van der Waals surface area contributed by atoms with Crippen LogP contribution in [0.3, 0.4) is 0 Å². The van der Waals surface area contributed by atoms with Crippen LogP contribution < -0.4 is 5.32 Å². The van der Waals surface area contributed by atoms with Gasteiger partial charge in [0.05, 0.1) is 0 Å². The lowest BCUT2D eigenvalue weighted by molar-refractivity contribution is 0.402. The second-order valence-corrected chi connectivity index (χ2v) is 7.40. The van der Waals surface area contributed by atoms with Crippen molar-refractivity contribution in [3.05, 3.63) is 55.7 Å². The standard InChI is InChI=1S/C16H18BrNS/c1-10-14(17)9-15(19-10)16(18-2)13-7-11-5-3-4-6-12(11)8-13/h3-6,9,13,16,18H,7-8H2,1-2H3. The van der Waals surface area contributed by atoms with Crippen LogP contribution in [0.4, 0.5) is 0 Å². The molecule has 0 saturated heterocycles. The molecule has 0 amide bonds. The molecule has 3 rings (SSSR count). The monoisotopic (exact) mass is 335 g/mol. The van der Waals surface area contributed by atoms with Gasteiger partial charge in [-0.1, -0.05) is 24.3 Å². The number of nitrogens with one attached hydrogen (secondary N) is 1. The average molecular weight is 336 g/mol. The fourth-order valence-corrected chi connectivity index (χ4v) is 4.84. The Bertz CT molecular complexity index is 546. The summed E-state index contributed by atoms with van der Waals surface area (Å²) >= 11 is 5.54. The van der Waals surface area contributed by atoms with Crippen molar-refractivity contribution < 1.29 is 0 Å². The first-order valence-corrected chi connectivity index (χ1v) is 8.30. The quantitative estimate of drug-likeness (QED) is 0.871. The van der Waals surface area contributed by atoms with Crippen molar-refractivity contribution >= 4 is 27.3 Å². The van der Waals surface area contributed by atoms with Gasteiger partial charge in [-0.25, -0.2) is 0 Å². The van der Waals surface area contributed by atoms with E-state index in [1.54, 1.807) is 0 Å². The molecule has 100 valence electrons. The van der Waals surface area contributed by atoms with Gasteiger partial charge in [0.1, 0.15) is 0 Å². The van der Waals surface area contributed by atoms with E-state index in [-0.39, 0.29) is 0 Å². The maximum Gasteiger partial charge on any atom is 0.0447 e. The number of halogens is 1. The number of thiophene rings is 1. The lowest BCUT2D eigenvalue weighted by Gasteiger charge is -2.21. The summed E-state index contributed by atoms with van der Waals surface area (Å²) in [5, 5.41) is 3.53. The molecule has 0 saturated carbocycles. The van der Waals surface area contributed by atoms with Gasteiger partial charge < -0.3 is 5.32 Å². The van der Waals surface area contributed by atoms with E-state index in [4.69, 9.17) is 0 Å². The summed E-state index contributed by atoms with van der Waals surface area (Å²) in [6, 6.07) is 11.6. The number of hydrogen-bond acceptors (Lipinski definition) is 2. The van der Waals surface area contributed by atoms with Gasteiger partial charge in [0.15, 0.2) is 0 Å². The molecule has 1 aliphatic rings. The summed E-state index contributed by atoms with van der Waals surface area (Å²) in [6.45, 7) is 2.17. The molecule has 1 atom stereocenters. The van der Waals surface area contributed by atoms with Crippen LogP contribution >= 0.6 is 27.3 Å². The average Bonchev–Trinajstić information content (AvgIpc) is 2.95. The Labute approximate surface area is 127 Å². The van der Waals surface area contributed by atoms with E-state index in [9.17, 15) is 0 Å². The van der Waals surface area contributed by atoms with Gasteiger partial charge in [0, 0.05) is 20.3 Å². The summed E-state index contributed by atoms with van der Waals surface area (Å²) < 4.78 is 1.24. The van der Waals surface area contributed by atoms with Crippen LogP contribution in [0.2, 0.25) is 0 Å². The molecule has 0 radical (unpaired) electrons. The summed E-state index contributed by atoms with van der Waals surface area (Å²) in [5.41, 5.74) is 3.06. The van der Waals surface area contributed by atoms with E-state index in [2.05, 4.69) is 65.5 Å². The third kappa shape index (κ3) is 2.51. The second kappa shape index (κ2) is 5.39. The molecule has 19 heavy (non-hydrogen) atoms. The van der Waals surface area contributed by atoms with Crippen LogP contribution in [0.1, 0.15) is 26.9 Å². The highest BCUT2D eigenvalue weighted by Gasteiger charge is 2.29. The maximum absolute atomic E-state index is 3.63. The molecule has 0 fully saturated rings. The Morgan fingerprint density at radius 3 is 2.37 bits per heavy atom. The molecule has 1 nitrogen and oxygen atoms in total. The van der Waals surface area contributed by atoms with Crippen LogP contribution in [0.15, 0.2) is 34.8 Å². The fourth-order valence-electron chi connectivity index (χ4n) is 3.07. The number of hydrogen-bond donors (Lipinski definition) is 1. The van der Waals surface area contributed by atoms with Gasteiger partial charge in [0.2, 0.25) is 0 Å². The molecule has 0 bridgehead atoms. The highest BCUT2D eigenvalue weighted by Crippen LogP contribution is 2.39. The first-order chi connectivity index (χ1) is 9.19. The molecular formula is C16H18BrNS. The zero-order valence-corrected chi connectivity index (χ0v) is 13.6. The summed E-state index contributed by atoms with van der Waals surface area (Å²) in [6.07, 6.45) is 2.38. The molecule has 1 unspecified atom stereocenters. The predicted octanol–water partition coefficient (Wildman–Crippen LogP) is 4.49. The second-order valence-electron chi connectivity index (χ2n) is 5.26. The van der Waals surface area contributed by atoms with Crippen molar-refractivity contribution in [2.75, 3.05) is 7.05 Å². The largest absolute Gasteiger partial charge is 0.312 e. The minimum atomic E-state index is 0.461. The summed E-state index contributed by atoms with van der Waals surface area (Å²) in [4.78, 5) is 2.82. The molecule has 3 heteroatoms. The number of benzene rings is 1. The van der Waals surface area contributed by atoms with E-state index < -0.39 is 0 Å². The van der Waals surface area contributed by atoms with E-state index in [0.717, 1.165) is 0 Å². The highest BCUT2D eigenvalue weighted by atomic mass is 79.9. The van der Waals surface area contributed by atoms with Gasteiger partial charge in [-0.05, 0) is 65.9 Å². The molecular weight excluding hydrogens is 318 g/mol. The first kappa shape index (κ1) is 13.3. The van der Waals surface area contributed by atoms with E-state index in [1.807, 2.05) is 11.3 Å². The van der Waals surface area contributed by atoms with Crippen molar-refractivity contribution in [1.82, 2.24) is 5.32 Å². The molecule has 2 aromatic rings. The minimum absolute atomic E-state index is 0.461. The zero-order valence-electron chi connectivity index (χ0n) is 11.2. The Morgan fingerprint density at radius 2 is 1.89 bits per heavy atom. The van der Waals surface area contributed by atoms with Gasteiger partial charge >= 0.3 is 0 Å². The molecule has 1 aromatic heterocycles. The van der Waals surface area contributed by atoms with Crippen LogP contribution in [0.5, 0.6) is 0 Å². The molecule has 1 N–H and O–H groups in total. The Morgan fingerprint density at radius 1 is 1.26 bits per heavy atom. The first-order valence-electron chi connectivity index (χ1n) is 6.69. The SMILES string of the molecule is CNC(c1cc(Br)c(C)s1)C1Cc2ccccc2C1. The Kier molecular flexibility index (Phi) is 3.79. The molecule has 1 heterocycles. The predicted molar refractivity (Wildman–Crippen MR) is 85.9 cm³/mol. The number of aryl methyl sites for hydroxylation is 1. The molecule has 1 aromatic carbocycles. The van der Waals surface area contributed by atoms with E-state index in [0.29, 0.717) is 12.0 Å². The Hall–Kier alpha value is -0.640. The molecule has 1 aliphatic carbocycles. The number of fused-ring (bicyclic) bond motifs is 1. The fraction of sp³-hybridized carbons (Fsp3) is 0.375. The third-order valence-corrected chi connectivity index (χ3v) is 6.27. The van der Waals surface area contributed by atoms with Crippen LogP contribution in [-0.4, -0.2) is 7.05 Å². The van der Waals surface area contributed by atoms with Crippen molar-refractivity contribution in [2.24, 2.45) is 5.92 Å².